The lowest BCUT2D eigenvalue weighted by atomic mass is 9.99. The summed E-state index contributed by atoms with van der Waals surface area (Å²) in [5, 5.41) is 4.52. The number of hydrogen-bond donors (Lipinski definition) is 0. The van der Waals surface area contributed by atoms with E-state index in [1.807, 2.05) is 11.8 Å². The maximum atomic E-state index is 2.26. The van der Waals surface area contributed by atoms with Crippen LogP contribution in [0, 0.1) is 0 Å². The number of benzene rings is 2. The molecule has 0 N–H and O–H groups in total. The summed E-state index contributed by atoms with van der Waals surface area (Å²) in [6.07, 6.45) is 0. The van der Waals surface area contributed by atoms with Gasteiger partial charge < -0.3 is 0 Å². The Balaban J connectivity index is 2.12. The second kappa shape index (κ2) is 4.01. The first kappa shape index (κ1) is 10.4. The highest BCUT2D eigenvalue weighted by Gasteiger charge is 2.19. The molecule has 2 heteroatoms. The molecule has 2 aromatic carbocycles. The Morgan fingerprint density at radius 3 is 1.61 bits per heavy atom. The fourth-order valence-corrected chi connectivity index (χ4v) is 4.34. The van der Waals surface area contributed by atoms with Crippen molar-refractivity contribution < 1.29 is 0 Å². The van der Waals surface area contributed by atoms with Crippen LogP contribution in [0.25, 0.3) is 22.3 Å². The lowest BCUT2D eigenvalue weighted by Gasteiger charge is -2.04. The molecule has 0 unspecified atom stereocenters. The number of rotatable bonds is 0. The van der Waals surface area contributed by atoms with Crippen molar-refractivity contribution in [1.82, 2.24) is 0 Å². The van der Waals surface area contributed by atoms with Crippen LogP contribution in [0.3, 0.4) is 0 Å². The molecule has 86 valence electrons. The molecule has 0 bridgehead atoms. The third kappa shape index (κ3) is 1.46. The van der Waals surface area contributed by atoms with Crippen LogP contribution in [-0.4, -0.2) is 0 Å². The average molecular weight is 266 g/mol. The van der Waals surface area contributed by atoms with Crippen molar-refractivity contribution in [2.45, 2.75) is 9.79 Å². The van der Waals surface area contributed by atoms with Crippen molar-refractivity contribution in [3.63, 3.8) is 0 Å². The number of hydrogen-bond acceptors (Lipinski definition) is 2. The van der Waals surface area contributed by atoms with Gasteiger partial charge in [-0.25, -0.2) is 0 Å². The zero-order chi connectivity index (χ0) is 11.9. The molecule has 1 aliphatic heterocycles. The summed E-state index contributed by atoms with van der Waals surface area (Å²) in [5.41, 5.74) is 5.45. The minimum absolute atomic E-state index is 1.35. The van der Waals surface area contributed by atoms with E-state index in [4.69, 9.17) is 0 Å². The van der Waals surface area contributed by atoms with E-state index in [2.05, 4.69) is 59.3 Å². The molecule has 0 nitrogen and oxygen atoms in total. The van der Waals surface area contributed by atoms with Crippen LogP contribution in [0.4, 0.5) is 0 Å². The molecule has 1 aliphatic rings. The lowest BCUT2D eigenvalue weighted by Crippen LogP contribution is -1.78. The van der Waals surface area contributed by atoms with Crippen molar-refractivity contribution >= 4 is 23.1 Å². The monoisotopic (exact) mass is 266 g/mol. The van der Waals surface area contributed by atoms with Crippen LogP contribution in [0.5, 0.6) is 0 Å². The summed E-state index contributed by atoms with van der Waals surface area (Å²) in [4.78, 5) is 2.70. The van der Waals surface area contributed by atoms with Crippen LogP contribution in [-0.2, 0) is 0 Å². The Labute approximate surface area is 114 Å². The summed E-state index contributed by atoms with van der Waals surface area (Å²) in [6, 6.07) is 17.3. The number of thiophene rings is 1. The average Bonchev–Trinajstić information content (AvgIpc) is 2.84. The van der Waals surface area contributed by atoms with Gasteiger partial charge >= 0.3 is 0 Å². The van der Waals surface area contributed by atoms with Crippen LogP contribution < -0.4 is 0 Å². The normalized spacial score (nSPS) is 12.2. The Morgan fingerprint density at radius 2 is 1.06 bits per heavy atom. The third-order valence-electron chi connectivity index (χ3n) is 3.24. The molecule has 0 atom stereocenters. The fraction of sp³-hybridized carbons (Fsp3) is 0. The maximum Gasteiger partial charge on any atom is 0.0201 e. The van der Waals surface area contributed by atoms with E-state index < -0.39 is 0 Å². The predicted octanol–water partition coefficient (Wildman–Crippen LogP) is 5.55. The highest BCUT2D eigenvalue weighted by Crippen LogP contribution is 2.48. The Morgan fingerprint density at radius 1 is 0.556 bits per heavy atom. The minimum Gasteiger partial charge on any atom is -0.151 e. The highest BCUT2D eigenvalue weighted by atomic mass is 32.2. The minimum atomic E-state index is 1.35. The molecule has 0 aliphatic carbocycles. The molecule has 3 aromatic rings. The van der Waals surface area contributed by atoms with E-state index in [0.29, 0.717) is 0 Å². The van der Waals surface area contributed by atoms with Crippen molar-refractivity contribution in [1.29, 1.82) is 0 Å². The molecular weight excluding hydrogens is 256 g/mol. The van der Waals surface area contributed by atoms with E-state index in [9.17, 15) is 0 Å². The summed E-state index contributed by atoms with van der Waals surface area (Å²) in [7, 11) is 0. The molecule has 4 rings (SSSR count). The predicted molar refractivity (Wildman–Crippen MR) is 79.3 cm³/mol. The van der Waals surface area contributed by atoms with Gasteiger partial charge in [-0.3, -0.25) is 0 Å². The Hall–Kier alpha value is -1.51. The lowest BCUT2D eigenvalue weighted by molar-refractivity contribution is 1.44. The standard InChI is InChI=1S/C16H10S2/c1-3-7-15-11(5-1)13-9-17-10-14(13)12-6-2-4-8-16(12)18-15/h1-10H. The highest BCUT2D eigenvalue weighted by molar-refractivity contribution is 7.99. The van der Waals surface area contributed by atoms with Crippen LogP contribution in [0.1, 0.15) is 0 Å². The van der Waals surface area contributed by atoms with Crippen molar-refractivity contribution in [2.75, 3.05) is 0 Å². The van der Waals surface area contributed by atoms with Gasteiger partial charge in [0.15, 0.2) is 0 Å². The molecule has 0 fully saturated rings. The van der Waals surface area contributed by atoms with Crippen molar-refractivity contribution in [3.8, 4) is 22.3 Å². The molecule has 0 saturated carbocycles. The van der Waals surface area contributed by atoms with Gasteiger partial charge in [-0.2, -0.15) is 11.3 Å². The maximum absolute atomic E-state index is 2.26. The van der Waals surface area contributed by atoms with Crippen LogP contribution >= 0.6 is 23.1 Å². The van der Waals surface area contributed by atoms with E-state index in [1.165, 1.54) is 32.0 Å². The molecule has 1 aromatic heterocycles. The molecule has 0 radical (unpaired) electrons. The fourth-order valence-electron chi connectivity index (χ4n) is 2.39. The van der Waals surface area contributed by atoms with E-state index in [1.54, 1.807) is 11.3 Å². The zero-order valence-electron chi connectivity index (χ0n) is 9.59. The SMILES string of the molecule is c1ccc2c(c1)Sc1ccccc1-c1cscc1-2. The summed E-state index contributed by atoms with van der Waals surface area (Å²) in [6.45, 7) is 0. The van der Waals surface area contributed by atoms with Gasteiger partial charge in [-0.05, 0) is 34.0 Å². The number of fused-ring (bicyclic) bond motifs is 5. The van der Waals surface area contributed by atoms with Crippen LogP contribution in [0.15, 0.2) is 69.1 Å². The molecule has 0 amide bonds. The first-order valence-electron chi connectivity index (χ1n) is 5.86. The molecule has 18 heavy (non-hydrogen) atoms. The van der Waals surface area contributed by atoms with Gasteiger partial charge in [0.1, 0.15) is 0 Å². The van der Waals surface area contributed by atoms with E-state index >= 15 is 0 Å². The van der Waals surface area contributed by atoms with Gasteiger partial charge in [0, 0.05) is 20.9 Å². The van der Waals surface area contributed by atoms with E-state index in [-0.39, 0.29) is 0 Å². The largest absolute Gasteiger partial charge is 0.151 e. The second-order valence-electron chi connectivity index (χ2n) is 4.29. The summed E-state index contributed by atoms with van der Waals surface area (Å²) in [5.74, 6) is 0. The topological polar surface area (TPSA) is 0 Å². The van der Waals surface area contributed by atoms with Gasteiger partial charge in [0.05, 0.1) is 0 Å². The molecule has 0 saturated heterocycles. The zero-order valence-corrected chi connectivity index (χ0v) is 11.2. The second-order valence-corrected chi connectivity index (χ2v) is 6.12. The Bertz CT molecular complexity index is 665. The van der Waals surface area contributed by atoms with Gasteiger partial charge in [-0.15, -0.1) is 0 Å². The van der Waals surface area contributed by atoms with Crippen molar-refractivity contribution in [2.24, 2.45) is 0 Å². The van der Waals surface area contributed by atoms with Gasteiger partial charge in [0.2, 0.25) is 0 Å². The van der Waals surface area contributed by atoms with Gasteiger partial charge in [0.25, 0.3) is 0 Å². The first-order valence-corrected chi connectivity index (χ1v) is 7.62. The third-order valence-corrected chi connectivity index (χ3v) is 5.13. The van der Waals surface area contributed by atoms with E-state index in [0.717, 1.165) is 0 Å². The summed E-state index contributed by atoms with van der Waals surface area (Å²) >= 11 is 3.65. The summed E-state index contributed by atoms with van der Waals surface area (Å²) < 4.78 is 0. The van der Waals surface area contributed by atoms with Crippen LogP contribution in [0.2, 0.25) is 0 Å². The quantitative estimate of drug-likeness (QED) is 0.402. The Kier molecular flexibility index (Phi) is 2.32. The first-order chi connectivity index (χ1) is 8.93. The molecular formula is C16H10S2. The van der Waals surface area contributed by atoms with Crippen molar-refractivity contribution in [3.05, 3.63) is 59.3 Å². The molecule has 2 heterocycles. The molecule has 0 spiro atoms. The smallest absolute Gasteiger partial charge is 0.0201 e. The van der Waals surface area contributed by atoms with Gasteiger partial charge in [-0.1, -0.05) is 48.2 Å².